The molecule has 0 aromatic heterocycles. The minimum absolute atomic E-state index is 0.534. The van der Waals surface area contributed by atoms with Gasteiger partial charge in [0.05, 0.1) is 6.61 Å². The summed E-state index contributed by atoms with van der Waals surface area (Å²) in [5, 5.41) is 7.35. The molecular weight excluding hydrogens is 220 g/mol. The second-order valence-corrected chi connectivity index (χ2v) is 5.18. The number of methoxy groups -OCH3 is 1. The van der Waals surface area contributed by atoms with Gasteiger partial charge in [0.2, 0.25) is 0 Å². The highest BCUT2D eigenvalue weighted by Gasteiger charge is 2.27. The van der Waals surface area contributed by atoms with Crippen LogP contribution < -0.4 is 10.6 Å². The van der Waals surface area contributed by atoms with Gasteiger partial charge in [-0.25, -0.2) is 0 Å². The van der Waals surface area contributed by atoms with Crippen molar-refractivity contribution in [3.8, 4) is 0 Å². The van der Waals surface area contributed by atoms with E-state index < -0.39 is 0 Å². The molecule has 0 amide bonds. The van der Waals surface area contributed by atoms with E-state index in [0.717, 1.165) is 17.6 Å². The minimum Gasteiger partial charge on any atom is -0.383 e. The van der Waals surface area contributed by atoms with Gasteiger partial charge in [-0.1, -0.05) is 26.7 Å². The topological polar surface area (TPSA) is 33.3 Å². The minimum atomic E-state index is 0.534. The maximum atomic E-state index is 5.26. The zero-order chi connectivity index (χ0) is 12.0. The summed E-state index contributed by atoms with van der Waals surface area (Å²) < 4.78 is 4.97. The maximum absolute atomic E-state index is 5.26. The molecule has 0 aromatic rings. The van der Waals surface area contributed by atoms with Crippen LogP contribution in [0.2, 0.25) is 0 Å². The van der Waals surface area contributed by atoms with Crippen molar-refractivity contribution in [2.24, 2.45) is 11.8 Å². The van der Waals surface area contributed by atoms with E-state index >= 15 is 0 Å². The van der Waals surface area contributed by atoms with E-state index in [4.69, 9.17) is 17.0 Å². The molecule has 0 bridgehead atoms. The average molecular weight is 244 g/mol. The Hall–Kier alpha value is -0.350. The number of hydrogen-bond donors (Lipinski definition) is 2. The molecule has 0 heterocycles. The highest BCUT2D eigenvalue weighted by molar-refractivity contribution is 7.80. The summed E-state index contributed by atoms with van der Waals surface area (Å²) in [6.45, 7) is 6.12. The zero-order valence-electron chi connectivity index (χ0n) is 10.6. The molecule has 0 aliphatic heterocycles. The van der Waals surface area contributed by atoms with E-state index in [0.29, 0.717) is 18.6 Å². The second kappa shape index (κ2) is 7.07. The normalized spacial score (nSPS) is 29.8. The lowest BCUT2D eigenvalue weighted by Gasteiger charge is -2.35. The first-order chi connectivity index (χ1) is 7.65. The molecule has 3 atom stereocenters. The molecule has 0 radical (unpaired) electrons. The molecule has 1 aliphatic rings. The molecule has 94 valence electrons. The summed E-state index contributed by atoms with van der Waals surface area (Å²) in [5.41, 5.74) is 0. The highest BCUT2D eigenvalue weighted by Crippen LogP contribution is 2.29. The first-order valence-electron chi connectivity index (χ1n) is 6.18. The molecule has 16 heavy (non-hydrogen) atoms. The van der Waals surface area contributed by atoms with Gasteiger partial charge >= 0.3 is 0 Å². The standard InChI is InChI=1S/C12H24N2OS/c1-9-5-4-6-11(10(9)2)14-12(16)13-7-8-15-3/h9-11H,4-8H2,1-3H3,(H2,13,14,16)/t9-,10+,11+/m1/s1. The third-order valence-corrected chi connectivity index (χ3v) is 3.88. The SMILES string of the molecule is COCCNC(=S)N[C@H]1CCC[C@@H](C)[C@@H]1C. The average Bonchev–Trinajstić information content (AvgIpc) is 2.25. The van der Waals surface area contributed by atoms with E-state index in [9.17, 15) is 0 Å². The van der Waals surface area contributed by atoms with Crippen LogP contribution in [-0.2, 0) is 4.74 Å². The Balaban J connectivity index is 2.26. The monoisotopic (exact) mass is 244 g/mol. The van der Waals surface area contributed by atoms with Crippen molar-refractivity contribution in [1.29, 1.82) is 0 Å². The van der Waals surface area contributed by atoms with Gasteiger partial charge in [-0.05, 0) is 30.5 Å². The predicted molar refractivity (Wildman–Crippen MR) is 71.6 cm³/mol. The van der Waals surface area contributed by atoms with Gasteiger partial charge in [-0.3, -0.25) is 0 Å². The van der Waals surface area contributed by atoms with Gasteiger partial charge in [-0.2, -0.15) is 0 Å². The molecule has 1 aliphatic carbocycles. The highest BCUT2D eigenvalue weighted by atomic mass is 32.1. The van der Waals surface area contributed by atoms with E-state index in [2.05, 4.69) is 24.5 Å². The molecule has 0 aromatic carbocycles. The third-order valence-electron chi connectivity index (χ3n) is 3.62. The van der Waals surface area contributed by atoms with E-state index in [1.165, 1.54) is 19.3 Å². The fourth-order valence-electron chi connectivity index (χ4n) is 2.27. The fraction of sp³-hybridized carbons (Fsp3) is 0.917. The number of hydrogen-bond acceptors (Lipinski definition) is 2. The van der Waals surface area contributed by atoms with Crippen molar-refractivity contribution < 1.29 is 4.74 Å². The first kappa shape index (κ1) is 13.7. The number of nitrogens with one attached hydrogen (secondary N) is 2. The summed E-state index contributed by atoms with van der Waals surface area (Å²) in [5.74, 6) is 1.50. The summed E-state index contributed by atoms with van der Waals surface area (Å²) >= 11 is 5.26. The largest absolute Gasteiger partial charge is 0.383 e. The lowest BCUT2D eigenvalue weighted by Crippen LogP contribution is -2.48. The van der Waals surface area contributed by atoms with Crippen LogP contribution in [0.25, 0.3) is 0 Å². The van der Waals surface area contributed by atoms with Gasteiger partial charge in [0.15, 0.2) is 5.11 Å². The van der Waals surface area contributed by atoms with Crippen molar-refractivity contribution in [3.63, 3.8) is 0 Å². The summed E-state index contributed by atoms with van der Waals surface area (Å²) in [4.78, 5) is 0. The molecule has 1 rings (SSSR count). The van der Waals surface area contributed by atoms with Crippen molar-refractivity contribution >= 4 is 17.3 Å². The van der Waals surface area contributed by atoms with Crippen LogP contribution in [0.1, 0.15) is 33.1 Å². The summed E-state index contributed by atoms with van der Waals surface area (Å²) in [6, 6.07) is 0.534. The predicted octanol–water partition coefficient (Wildman–Crippen LogP) is 1.92. The van der Waals surface area contributed by atoms with E-state index in [1.54, 1.807) is 7.11 Å². The molecule has 1 fully saturated rings. The molecule has 2 N–H and O–H groups in total. The Morgan fingerprint density at radius 1 is 1.38 bits per heavy atom. The lowest BCUT2D eigenvalue weighted by atomic mass is 9.78. The van der Waals surface area contributed by atoms with Crippen molar-refractivity contribution in [2.75, 3.05) is 20.3 Å². The molecule has 0 spiro atoms. The van der Waals surface area contributed by atoms with Gasteiger partial charge in [0.25, 0.3) is 0 Å². The van der Waals surface area contributed by atoms with Gasteiger partial charge < -0.3 is 15.4 Å². The van der Waals surface area contributed by atoms with Crippen LogP contribution in [-0.4, -0.2) is 31.4 Å². The van der Waals surface area contributed by atoms with Crippen LogP contribution in [0, 0.1) is 11.8 Å². The van der Waals surface area contributed by atoms with E-state index in [1.807, 2.05) is 0 Å². The second-order valence-electron chi connectivity index (χ2n) is 4.77. The molecule has 4 heteroatoms. The van der Waals surface area contributed by atoms with Crippen LogP contribution >= 0.6 is 12.2 Å². The molecule has 0 saturated heterocycles. The van der Waals surface area contributed by atoms with Gasteiger partial charge in [-0.15, -0.1) is 0 Å². The Bertz CT molecular complexity index is 223. The Morgan fingerprint density at radius 2 is 2.12 bits per heavy atom. The van der Waals surface area contributed by atoms with Crippen LogP contribution in [0.3, 0.4) is 0 Å². The van der Waals surface area contributed by atoms with Crippen LogP contribution in [0.15, 0.2) is 0 Å². The lowest BCUT2D eigenvalue weighted by molar-refractivity contribution is 0.202. The maximum Gasteiger partial charge on any atom is 0.166 e. The number of ether oxygens (including phenoxy) is 1. The van der Waals surface area contributed by atoms with Crippen molar-refractivity contribution in [1.82, 2.24) is 10.6 Å². The molecular formula is C12H24N2OS. The Kier molecular flexibility index (Phi) is 6.06. The quantitative estimate of drug-likeness (QED) is 0.585. The number of thiocarbonyl (C=S) groups is 1. The van der Waals surface area contributed by atoms with Gasteiger partial charge in [0.1, 0.15) is 0 Å². The molecule has 1 saturated carbocycles. The van der Waals surface area contributed by atoms with Crippen molar-refractivity contribution in [2.45, 2.75) is 39.2 Å². The molecule has 0 unspecified atom stereocenters. The van der Waals surface area contributed by atoms with Crippen LogP contribution in [0.5, 0.6) is 0 Å². The summed E-state index contributed by atoms with van der Waals surface area (Å²) in [7, 11) is 1.70. The zero-order valence-corrected chi connectivity index (χ0v) is 11.4. The Morgan fingerprint density at radius 3 is 2.81 bits per heavy atom. The number of rotatable bonds is 4. The third kappa shape index (κ3) is 4.26. The first-order valence-corrected chi connectivity index (χ1v) is 6.59. The molecule has 3 nitrogen and oxygen atoms in total. The van der Waals surface area contributed by atoms with Gasteiger partial charge in [0, 0.05) is 19.7 Å². The fourth-order valence-corrected chi connectivity index (χ4v) is 2.53. The van der Waals surface area contributed by atoms with Crippen molar-refractivity contribution in [3.05, 3.63) is 0 Å². The Labute approximate surface area is 104 Å². The van der Waals surface area contributed by atoms with Crippen LogP contribution in [0.4, 0.5) is 0 Å². The smallest absolute Gasteiger partial charge is 0.166 e. The summed E-state index contributed by atoms with van der Waals surface area (Å²) in [6.07, 6.45) is 3.89. The van der Waals surface area contributed by atoms with E-state index in [-0.39, 0.29) is 0 Å².